The molecule has 8 heteroatoms. The van der Waals surface area contributed by atoms with Gasteiger partial charge in [-0.1, -0.05) is 0 Å². The fourth-order valence-electron chi connectivity index (χ4n) is 1.85. The summed E-state index contributed by atoms with van der Waals surface area (Å²) in [6.45, 7) is 2.99. The van der Waals surface area contributed by atoms with Crippen molar-refractivity contribution >= 4 is 28.7 Å². The van der Waals surface area contributed by atoms with Crippen molar-refractivity contribution in [3.05, 3.63) is 38.8 Å². The van der Waals surface area contributed by atoms with Crippen LogP contribution >= 0.6 is 11.3 Å². The Hall–Kier alpha value is -2.22. The van der Waals surface area contributed by atoms with Crippen LogP contribution in [-0.4, -0.2) is 28.5 Å². The molecule has 2 heterocycles. The topological polar surface area (TPSA) is 84.2 Å². The molecule has 7 nitrogen and oxygen atoms in total. The van der Waals surface area contributed by atoms with E-state index in [1.807, 2.05) is 23.8 Å². The van der Waals surface area contributed by atoms with E-state index in [0.29, 0.717) is 18.9 Å². The van der Waals surface area contributed by atoms with Gasteiger partial charge in [-0.3, -0.25) is 10.1 Å². The minimum Gasteiger partial charge on any atom is -0.364 e. The average molecular weight is 293 g/mol. The zero-order valence-corrected chi connectivity index (χ0v) is 12.1. The molecule has 0 radical (unpaired) electrons. The average Bonchev–Trinajstić information content (AvgIpc) is 2.91. The van der Waals surface area contributed by atoms with E-state index in [0.717, 1.165) is 5.56 Å². The van der Waals surface area contributed by atoms with Gasteiger partial charge >= 0.3 is 5.69 Å². The number of rotatable bonds is 6. The summed E-state index contributed by atoms with van der Waals surface area (Å²) < 4.78 is 0. The first-order chi connectivity index (χ1) is 9.63. The molecule has 0 atom stereocenters. The Kier molecular flexibility index (Phi) is 4.46. The standard InChI is InChI=1S/C12H15N5O2S/c1-3-13-11-10(17(18)19)12(15-8-14-11)16(2)6-9-4-5-20-7-9/h4-5,7-8H,3,6H2,1-2H3,(H,13,14,15). The summed E-state index contributed by atoms with van der Waals surface area (Å²) in [5.41, 5.74) is 1.00. The van der Waals surface area contributed by atoms with Crippen molar-refractivity contribution in [2.24, 2.45) is 0 Å². The van der Waals surface area contributed by atoms with E-state index in [1.54, 1.807) is 23.3 Å². The Morgan fingerprint density at radius 1 is 1.50 bits per heavy atom. The van der Waals surface area contributed by atoms with E-state index in [2.05, 4.69) is 15.3 Å². The summed E-state index contributed by atoms with van der Waals surface area (Å²) in [5, 5.41) is 18.2. The van der Waals surface area contributed by atoms with Crippen LogP contribution in [0.1, 0.15) is 12.5 Å². The molecule has 0 unspecified atom stereocenters. The molecule has 0 aromatic carbocycles. The van der Waals surface area contributed by atoms with Crippen molar-refractivity contribution in [1.82, 2.24) is 9.97 Å². The van der Waals surface area contributed by atoms with Crippen LogP contribution in [0.2, 0.25) is 0 Å². The smallest absolute Gasteiger partial charge is 0.353 e. The van der Waals surface area contributed by atoms with Gasteiger partial charge in [0.2, 0.25) is 11.6 Å². The maximum absolute atomic E-state index is 11.3. The van der Waals surface area contributed by atoms with Crippen LogP contribution < -0.4 is 10.2 Å². The molecule has 0 bridgehead atoms. The van der Waals surface area contributed by atoms with E-state index in [9.17, 15) is 10.1 Å². The number of nitrogens with one attached hydrogen (secondary N) is 1. The van der Waals surface area contributed by atoms with Crippen LogP contribution in [0.25, 0.3) is 0 Å². The van der Waals surface area contributed by atoms with Crippen LogP contribution in [0, 0.1) is 10.1 Å². The van der Waals surface area contributed by atoms with Crippen molar-refractivity contribution in [3.8, 4) is 0 Å². The number of thiophene rings is 1. The van der Waals surface area contributed by atoms with Crippen LogP contribution in [0.15, 0.2) is 23.2 Å². The Morgan fingerprint density at radius 2 is 2.30 bits per heavy atom. The first-order valence-corrected chi connectivity index (χ1v) is 7.03. The van der Waals surface area contributed by atoms with E-state index in [1.165, 1.54) is 6.33 Å². The van der Waals surface area contributed by atoms with Crippen molar-refractivity contribution in [1.29, 1.82) is 0 Å². The monoisotopic (exact) mass is 293 g/mol. The quantitative estimate of drug-likeness (QED) is 0.650. The minimum absolute atomic E-state index is 0.0907. The third-order valence-electron chi connectivity index (χ3n) is 2.69. The lowest BCUT2D eigenvalue weighted by Crippen LogP contribution is -2.20. The highest BCUT2D eigenvalue weighted by Crippen LogP contribution is 2.31. The molecule has 20 heavy (non-hydrogen) atoms. The lowest BCUT2D eigenvalue weighted by atomic mass is 10.3. The molecule has 0 saturated carbocycles. The molecule has 0 fully saturated rings. The van der Waals surface area contributed by atoms with E-state index in [-0.39, 0.29) is 11.5 Å². The predicted molar refractivity (Wildman–Crippen MR) is 79.3 cm³/mol. The molecule has 0 spiro atoms. The minimum atomic E-state index is -0.447. The lowest BCUT2D eigenvalue weighted by molar-refractivity contribution is -0.383. The third kappa shape index (κ3) is 3.02. The summed E-state index contributed by atoms with van der Waals surface area (Å²) in [4.78, 5) is 20.6. The first-order valence-electron chi connectivity index (χ1n) is 6.09. The molecule has 0 aliphatic rings. The Labute approximate surface area is 120 Å². The molecular formula is C12H15N5O2S. The summed E-state index contributed by atoms with van der Waals surface area (Å²) in [6.07, 6.45) is 1.34. The summed E-state index contributed by atoms with van der Waals surface area (Å²) in [5.74, 6) is 0.562. The van der Waals surface area contributed by atoms with Crippen molar-refractivity contribution < 1.29 is 4.92 Å². The first kappa shape index (κ1) is 14.2. The molecule has 2 aromatic heterocycles. The molecule has 106 valence electrons. The molecule has 2 rings (SSSR count). The zero-order chi connectivity index (χ0) is 14.5. The molecular weight excluding hydrogens is 278 g/mol. The zero-order valence-electron chi connectivity index (χ0n) is 11.2. The van der Waals surface area contributed by atoms with Crippen LogP contribution in [0.3, 0.4) is 0 Å². The second-order valence-corrected chi connectivity index (χ2v) is 4.95. The highest BCUT2D eigenvalue weighted by Gasteiger charge is 2.25. The fraction of sp³-hybridized carbons (Fsp3) is 0.333. The molecule has 1 N–H and O–H groups in total. The van der Waals surface area contributed by atoms with Crippen LogP contribution in [-0.2, 0) is 6.54 Å². The Morgan fingerprint density at radius 3 is 2.90 bits per heavy atom. The van der Waals surface area contributed by atoms with E-state index in [4.69, 9.17) is 0 Å². The van der Waals surface area contributed by atoms with Crippen molar-refractivity contribution in [2.75, 3.05) is 23.8 Å². The largest absolute Gasteiger partial charge is 0.364 e. The van der Waals surface area contributed by atoms with Gasteiger partial charge in [-0.05, 0) is 29.3 Å². The third-order valence-corrected chi connectivity index (χ3v) is 3.42. The van der Waals surface area contributed by atoms with Crippen LogP contribution in [0.4, 0.5) is 17.3 Å². The summed E-state index contributed by atoms with van der Waals surface area (Å²) in [7, 11) is 1.78. The molecule has 0 aliphatic heterocycles. The summed E-state index contributed by atoms with van der Waals surface area (Å²) in [6, 6.07) is 1.99. The van der Waals surface area contributed by atoms with Gasteiger partial charge in [0, 0.05) is 20.1 Å². The maximum Gasteiger partial charge on any atom is 0.353 e. The highest BCUT2D eigenvalue weighted by atomic mass is 32.1. The number of hydrogen-bond donors (Lipinski definition) is 1. The second-order valence-electron chi connectivity index (χ2n) is 4.17. The van der Waals surface area contributed by atoms with Crippen molar-refractivity contribution in [3.63, 3.8) is 0 Å². The van der Waals surface area contributed by atoms with Gasteiger partial charge in [0.1, 0.15) is 6.33 Å². The molecule has 2 aromatic rings. The van der Waals surface area contributed by atoms with Gasteiger partial charge < -0.3 is 10.2 Å². The van der Waals surface area contributed by atoms with Crippen LogP contribution in [0.5, 0.6) is 0 Å². The van der Waals surface area contributed by atoms with E-state index < -0.39 is 4.92 Å². The predicted octanol–water partition coefficient (Wildman–Crippen LogP) is 2.51. The van der Waals surface area contributed by atoms with E-state index >= 15 is 0 Å². The van der Waals surface area contributed by atoms with Gasteiger partial charge in [-0.2, -0.15) is 11.3 Å². The van der Waals surface area contributed by atoms with Crippen molar-refractivity contribution in [2.45, 2.75) is 13.5 Å². The summed E-state index contributed by atoms with van der Waals surface area (Å²) >= 11 is 1.59. The fourth-order valence-corrected chi connectivity index (χ4v) is 2.50. The number of aromatic nitrogens is 2. The molecule has 0 saturated heterocycles. The maximum atomic E-state index is 11.3. The molecule has 0 aliphatic carbocycles. The lowest BCUT2D eigenvalue weighted by Gasteiger charge is -2.18. The number of nitrogens with zero attached hydrogens (tertiary/aromatic N) is 4. The van der Waals surface area contributed by atoms with Gasteiger partial charge in [0.25, 0.3) is 0 Å². The highest BCUT2D eigenvalue weighted by molar-refractivity contribution is 7.07. The number of nitro groups is 1. The van der Waals surface area contributed by atoms with Gasteiger partial charge in [0.05, 0.1) is 4.92 Å². The Balaban J connectivity index is 2.34. The second kappa shape index (κ2) is 6.29. The Bertz CT molecular complexity index is 588. The molecule has 0 amide bonds. The van der Waals surface area contributed by atoms with Gasteiger partial charge in [-0.25, -0.2) is 9.97 Å². The van der Waals surface area contributed by atoms with Gasteiger partial charge in [0.15, 0.2) is 0 Å². The normalized spacial score (nSPS) is 10.3. The van der Waals surface area contributed by atoms with Gasteiger partial charge in [-0.15, -0.1) is 0 Å². The SMILES string of the molecule is CCNc1ncnc(N(C)Cc2ccsc2)c1[N+](=O)[O-]. The number of anilines is 2. The number of hydrogen-bond acceptors (Lipinski definition) is 7.